The van der Waals surface area contributed by atoms with Crippen LogP contribution in [0.4, 0.5) is 0 Å². The minimum absolute atomic E-state index is 0.151. The molecule has 28 heavy (non-hydrogen) atoms. The number of carbonyl (C=O) groups excluding carboxylic acids is 1. The number of nitrogens with zero attached hydrogens (tertiary/aromatic N) is 2. The van der Waals surface area contributed by atoms with Gasteiger partial charge < -0.3 is 14.0 Å². The van der Waals surface area contributed by atoms with Crippen LogP contribution in [0.25, 0.3) is 10.2 Å². The van der Waals surface area contributed by atoms with Gasteiger partial charge in [0, 0.05) is 13.7 Å². The number of benzene rings is 2. The molecule has 6 heteroatoms. The molecular weight excluding hydrogens is 372 g/mol. The number of ether oxygens (including phenoxy) is 2. The van der Waals surface area contributed by atoms with Gasteiger partial charge in [-0.05, 0) is 35.2 Å². The summed E-state index contributed by atoms with van der Waals surface area (Å²) in [6.07, 6.45) is 0.292. The summed E-state index contributed by atoms with van der Waals surface area (Å²) in [4.78, 5) is 17.7. The van der Waals surface area contributed by atoms with Crippen molar-refractivity contribution in [3.63, 3.8) is 0 Å². The van der Waals surface area contributed by atoms with E-state index in [4.69, 9.17) is 9.47 Å². The minimum Gasteiger partial charge on any atom is -0.497 e. The first-order valence-electron chi connectivity index (χ1n) is 9.34. The molecule has 148 valence electrons. The van der Waals surface area contributed by atoms with Crippen LogP contribution in [0.2, 0.25) is 0 Å². The first kappa shape index (κ1) is 20.3. The van der Waals surface area contributed by atoms with Crippen molar-refractivity contribution >= 4 is 27.5 Å². The predicted molar refractivity (Wildman–Crippen MR) is 113 cm³/mol. The average Bonchev–Trinajstić information content (AvgIpc) is 3.02. The summed E-state index contributed by atoms with van der Waals surface area (Å²) in [5.41, 5.74) is 3.27. The van der Waals surface area contributed by atoms with Crippen molar-refractivity contribution in [2.24, 2.45) is 4.99 Å². The highest BCUT2D eigenvalue weighted by Gasteiger charge is 2.10. The second-order valence-corrected chi connectivity index (χ2v) is 7.95. The fraction of sp³-hybridized carbons (Fsp3) is 0.364. The molecule has 0 bridgehead atoms. The lowest BCUT2D eigenvalue weighted by Crippen LogP contribution is -2.19. The van der Waals surface area contributed by atoms with Crippen LogP contribution in [-0.4, -0.2) is 31.3 Å². The van der Waals surface area contributed by atoms with Crippen LogP contribution in [0.3, 0.4) is 0 Å². The lowest BCUT2D eigenvalue weighted by Gasteiger charge is -2.06. The van der Waals surface area contributed by atoms with Crippen molar-refractivity contribution in [3.8, 4) is 5.75 Å². The van der Waals surface area contributed by atoms with Gasteiger partial charge in [0.25, 0.3) is 5.91 Å². The van der Waals surface area contributed by atoms with E-state index in [9.17, 15) is 4.79 Å². The van der Waals surface area contributed by atoms with E-state index in [2.05, 4.69) is 31.0 Å². The first-order valence-corrected chi connectivity index (χ1v) is 10.2. The Morgan fingerprint density at radius 1 is 1.14 bits per heavy atom. The van der Waals surface area contributed by atoms with Crippen LogP contribution >= 0.6 is 11.3 Å². The van der Waals surface area contributed by atoms with E-state index < -0.39 is 0 Å². The second kappa shape index (κ2) is 9.17. The van der Waals surface area contributed by atoms with Gasteiger partial charge in [0.1, 0.15) is 5.75 Å². The van der Waals surface area contributed by atoms with Gasteiger partial charge in [-0.2, -0.15) is 4.99 Å². The van der Waals surface area contributed by atoms with Gasteiger partial charge in [0.05, 0.1) is 30.4 Å². The lowest BCUT2D eigenvalue weighted by atomic mass is 10.0. The van der Waals surface area contributed by atoms with E-state index >= 15 is 0 Å². The normalized spacial score (nSPS) is 12.1. The highest BCUT2D eigenvalue weighted by atomic mass is 32.1. The van der Waals surface area contributed by atoms with Gasteiger partial charge in [0.15, 0.2) is 4.80 Å². The van der Waals surface area contributed by atoms with Gasteiger partial charge in [-0.3, -0.25) is 4.79 Å². The summed E-state index contributed by atoms with van der Waals surface area (Å²) in [7, 11) is 3.31. The third kappa shape index (κ3) is 4.69. The Morgan fingerprint density at radius 3 is 2.54 bits per heavy atom. The molecule has 0 aliphatic rings. The van der Waals surface area contributed by atoms with Crippen LogP contribution in [0.15, 0.2) is 47.5 Å². The molecule has 0 aliphatic heterocycles. The molecule has 3 aromatic rings. The molecule has 1 aromatic heterocycles. The number of carbonyl (C=O) groups is 1. The van der Waals surface area contributed by atoms with Crippen molar-refractivity contribution in [1.29, 1.82) is 0 Å². The van der Waals surface area contributed by atoms with E-state index in [-0.39, 0.29) is 5.91 Å². The maximum atomic E-state index is 12.6. The second-order valence-electron chi connectivity index (χ2n) is 6.94. The largest absolute Gasteiger partial charge is 0.497 e. The van der Waals surface area contributed by atoms with Crippen LogP contribution in [-0.2, 0) is 22.5 Å². The van der Waals surface area contributed by atoms with E-state index in [1.54, 1.807) is 14.2 Å². The SMILES string of the molecule is COCCn1c(=NC(=O)Cc2ccc(C(C)C)cc2)sc2cc(OC)ccc21. The molecule has 0 N–H and O–H groups in total. The molecule has 0 spiro atoms. The van der Waals surface area contributed by atoms with Crippen molar-refractivity contribution < 1.29 is 14.3 Å². The monoisotopic (exact) mass is 398 g/mol. The summed E-state index contributed by atoms with van der Waals surface area (Å²) in [6.45, 7) is 5.50. The highest BCUT2D eigenvalue weighted by molar-refractivity contribution is 7.16. The highest BCUT2D eigenvalue weighted by Crippen LogP contribution is 2.23. The van der Waals surface area contributed by atoms with Gasteiger partial charge in [-0.15, -0.1) is 0 Å². The topological polar surface area (TPSA) is 52.8 Å². The Kier molecular flexibility index (Phi) is 6.65. The number of aromatic nitrogens is 1. The Balaban J connectivity index is 1.91. The quantitative estimate of drug-likeness (QED) is 0.601. The molecule has 0 unspecified atom stereocenters. The third-order valence-electron chi connectivity index (χ3n) is 4.63. The Morgan fingerprint density at radius 2 is 1.89 bits per heavy atom. The van der Waals surface area contributed by atoms with Crippen LogP contribution < -0.4 is 9.54 Å². The number of hydrogen-bond donors (Lipinski definition) is 0. The molecule has 2 aromatic carbocycles. The van der Waals surface area contributed by atoms with E-state index in [0.717, 1.165) is 21.5 Å². The molecular formula is C22H26N2O3S. The van der Waals surface area contributed by atoms with Crippen molar-refractivity contribution in [2.45, 2.75) is 32.7 Å². The van der Waals surface area contributed by atoms with Gasteiger partial charge >= 0.3 is 0 Å². The van der Waals surface area contributed by atoms with Crippen molar-refractivity contribution in [1.82, 2.24) is 4.57 Å². The minimum atomic E-state index is -0.151. The number of hydrogen-bond acceptors (Lipinski definition) is 4. The molecule has 0 saturated carbocycles. The molecule has 0 radical (unpaired) electrons. The van der Waals surface area contributed by atoms with Gasteiger partial charge in [0.2, 0.25) is 0 Å². The summed E-state index contributed by atoms with van der Waals surface area (Å²) < 4.78 is 13.6. The predicted octanol–water partition coefficient (Wildman–Crippen LogP) is 4.15. The van der Waals surface area contributed by atoms with Crippen molar-refractivity contribution in [3.05, 3.63) is 58.4 Å². The molecule has 0 saturated heterocycles. The van der Waals surface area contributed by atoms with E-state index in [0.29, 0.717) is 30.3 Å². The van der Waals surface area contributed by atoms with E-state index in [1.807, 2.05) is 34.9 Å². The molecule has 5 nitrogen and oxygen atoms in total. The zero-order chi connectivity index (χ0) is 20.1. The van der Waals surface area contributed by atoms with Crippen LogP contribution in [0, 0.1) is 0 Å². The number of fused-ring (bicyclic) bond motifs is 1. The molecule has 0 aliphatic carbocycles. The number of methoxy groups -OCH3 is 2. The molecule has 3 rings (SSSR count). The summed E-state index contributed by atoms with van der Waals surface area (Å²) >= 11 is 1.49. The third-order valence-corrected chi connectivity index (χ3v) is 5.67. The lowest BCUT2D eigenvalue weighted by molar-refractivity contribution is -0.117. The summed E-state index contributed by atoms with van der Waals surface area (Å²) in [5, 5.41) is 0. The van der Waals surface area contributed by atoms with E-state index in [1.165, 1.54) is 16.9 Å². The number of thiazole rings is 1. The number of rotatable bonds is 7. The smallest absolute Gasteiger partial charge is 0.252 e. The van der Waals surface area contributed by atoms with Gasteiger partial charge in [-0.25, -0.2) is 0 Å². The standard InChI is InChI=1S/C22H26N2O3S/c1-15(2)17-7-5-16(6-8-17)13-21(25)23-22-24(11-12-26-3)19-10-9-18(27-4)14-20(19)28-22/h5-10,14-15H,11-13H2,1-4H3. The molecule has 1 heterocycles. The molecule has 0 atom stereocenters. The maximum absolute atomic E-state index is 12.6. The van der Waals surface area contributed by atoms with Crippen LogP contribution in [0.1, 0.15) is 30.9 Å². The summed E-state index contributed by atoms with van der Waals surface area (Å²) in [6, 6.07) is 14.1. The molecule has 0 fully saturated rings. The zero-order valence-corrected chi connectivity index (χ0v) is 17.6. The Hall–Kier alpha value is -2.44. The van der Waals surface area contributed by atoms with Gasteiger partial charge in [-0.1, -0.05) is 49.4 Å². The Bertz CT molecular complexity index is 1020. The number of amides is 1. The maximum Gasteiger partial charge on any atom is 0.252 e. The van der Waals surface area contributed by atoms with Crippen LogP contribution in [0.5, 0.6) is 5.75 Å². The fourth-order valence-electron chi connectivity index (χ4n) is 3.01. The first-order chi connectivity index (χ1) is 13.5. The average molecular weight is 399 g/mol. The fourth-order valence-corrected chi connectivity index (χ4v) is 4.11. The summed E-state index contributed by atoms with van der Waals surface area (Å²) in [5.74, 6) is 1.11. The zero-order valence-electron chi connectivity index (χ0n) is 16.8. The molecule has 1 amide bonds. The van der Waals surface area contributed by atoms with Crippen molar-refractivity contribution in [2.75, 3.05) is 20.8 Å². The Labute approximate surface area is 169 Å².